The fourth-order valence-corrected chi connectivity index (χ4v) is 2.26. The molecular weight excluding hydrogens is 288 g/mol. The van der Waals surface area contributed by atoms with E-state index in [-0.39, 0.29) is 17.8 Å². The lowest BCUT2D eigenvalue weighted by Crippen LogP contribution is -2.18. The summed E-state index contributed by atoms with van der Waals surface area (Å²) in [4.78, 5) is 22.4. The lowest BCUT2D eigenvalue weighted by molar-refractivity contribution is -0.134. The molecule has 1 aliphatic rings. The minimum Gasteiger partial charge on any atom is -0.496 e. The van der Waals surface area contributed by atoms with Crippen molar-refractivity contribution in [1.29, 1.82) is 0 Å². The van der Waals surface area contributed by atoms with Crippen molar-refractivity contribution in [2.75, 3.05) is 7.11 Å². The summed E-state index contributed by atoms with van der Waals surface area (Å²) < 4.78 is 5.86. The zero-order chi connectivity index (χ0) is 12.6. The number of rotatable bonds is 2. The molecule has 4 nitrogen and oxygen atoms in total. The maximum Gasteiger partial charge on any atom is 0.339 e. The summed E-state index contributed by atoms with van der Waals surface area (Å²) >= 11 is 3.32. The Balaban J connectivity index is 2.57. The van der Waals surface area contributed by atoms with Crippen LogP contribution in [0.2, 0.25) is 0 Å². The van der Waals surface area contributed by atoms with Crippen molar-refractivity contribution in [3.05, 3.63) is 33.3 Å². The van der Waals surface area contributed by atoms with Gasteiger partial charge >= 0.3 is 5.97 Å². The molecule has 0 bridgehead atoms. The molecule has 0 aromatic heterocycles. The van der Waals surface area contributed by atoms with E-state index in [0.29, 0.717) is 5.75 Å². The van der Waals surface area contributed by atoms with Gasteiger partial charge in [0.25, 0.3) is 0 Å². The summed E-state index contributed by atoms with van der Waals surface area (Å²) in [6.07, 6.45) is 1.49. The highest BCUT2D eigenvalue weighted by molar-refractivity contribution is 9.10. The number of Topliss-reactive ketones (excluding diaryl/α,β-unsaturated/α-hetero) is 1. The number of ketones is 1. The highest BCUT2D eigenvalue weighted by atomic mass is 79.9. The molecule has 0 radical (unpaired) electrons. The summed E-state index contributed by atoms with van der Waals surface area (Å²) in [6.45, 7) is 0. The molecule has 0 aliphatic heterocycles. The van der Waals surface area contributed by atoms with Gasteiger partial charge < -0.3 is 9.84 Å². The number of ether oxygens (including phenoxy) is 1. The number of fused-ring (bicyclic) bond motifs is 1. The number of hydrogen-bond donors (Lipinski definition) is 1. The van der Waals surface area contributed by atoms with Crippen molar-refractivity contribution in [2.24, 2.45) is 0 Å². The lowest BCUT2D eigenvalue weighted by atomic mass is 9.91. The van der Waals surface area contributed by atoms with Crippen LogP contribution in [0, 0.1) is 0 Å². The van der Waals surface area contributed by atoms with Gasteiger partial charge in [-0.15, -0.1) is 0 Å². The van der Waals surface area contributed by atoms with E-state index in [1.807, 2.05) is 0 Å². The first kappa shape index (κ1) is 11.9. The van der Waals surface area contributed by atoms with E-state index in [1.54, 1.807) is 12.1 Å². The fourth-order valence-electron chi connectivity index (χ4n) is 1.74. The number of methoxy groups -OCH3 is 1. The number of carbonyl (C=O) groups is 2. The van der Waals surface area contributed by atoms with Crippen molar-refractivity contribution in [2.45, 2.75) is 6.42 Å². The Hall–Kier alpha value is -1.62. The zero-order valence-corrected chi connectivity index (χ0v) is 10.6. The molecule has 17 heavy (non-hydrogen) atoms. The van der Waals surface area contributed by atoms with Crippen LogP contribution in [0.3, 0.4) is 0 Å². The normalized spacial score (nSPS) is 14.0. The first-order chi connectivity index (χ1) is 8.02. The van der Waals surface area contributed by atoms with Gasteiger partial charge in [-0.2, -0.15) is 0 Å². The topological polar surface area (TPSA) is 63.6 Å². The molecule has 0 saturated carbocycles. The number of carboxylic acid groups (broad SMARTS) is 1. The van der Waals surface area contributed by atoms with Crippen LogP contribution < -0.4 is 4.74 Å². The summed E-state index contributed by atoms with van der Waals surface area (Å²) in [5.74, 6) is -0.939. The van der Waals surface area contributed by atoms with Gasteiger partial charge in [-0.25, -0.2) is 4.79 Å². The predicted molar refractivity (Wildman–Crippen MR) is 65.0 cm³/mol. The van der Waals surface area contributed by atoms with E-state index in [1.165, 1.54) is 13.2 Å². The van der Waals surface area contributed by atoms with Crippen molar-refractivity contribution in [3.8, 4) is 5.75 Å². The van der Waals surface area contributed by atoms with Crippen LogP contribution in [0.25, 0.3) is 6.08 Å². The maximum atomic E-state index is 11.6. The average Bonchev–Trinajstić information content (AvgIpc) is 2.27. The fraction of sp³-hybridized carbons (Fsp3) is 0.167. The molecule has 1 aromatic rings. The summed E-state index contributed by atoms with van der Waals surface area (Å²) in [7, 11) is 1.54. The number of aliphatic carboxylic acids is 1. The van der Waals surface area contributed by atoms with Gasteiger partial charge in [0.15, 0.2) is 5.78 Å². The second-order valence-electron chi connectivity index (χ2n) is 3.65. The average molecular weight is 297 g/mol. The maximum absolute atomic E-state index is 11.6. The Labute approximate surface area is 106 Å². The molecule has 5 heteroatoms. The zero-order valence-electron chi connectivity index (χ0n) is 8.99. The van der Waals surface area contributed by atoms with Crippen LogP contribution >= 0.6 is 15.9 Å². The Kier molecular flexibility index (Phi) is 3.02. The Morgan fingerprint density at radius 2 is 2.18 bits per heavy atom. The van der Waals surface area contributed by atoms with E-state index >= 15 is 0 Å². The molecular formula is C12H9BrO4. The van der Waals surface area contributed by atoms with E-state index in [9.17, 15) is 9.59 Å². The van der Waals surface area contributed by atoms with Gasteiger partial charge in [0.2, 0.25) is 0 Å². The van der Waals surface area contributed by atoms with Gasteiger partial charge in [0.05, 0.1) is 11.6 Å². The Morgan fingerprint density at radius 3 is 2.76 bits per heavy atom. The summed E-state index contributed by atoms with van der Waals surface area (Å²) in [5, 5.41) is 8.88. The SMILES string of the molecule is COc1cc2c(cc1Br)C=C(C(=O)O)C(=O)C2. The molecule has 0 atom stereocenters. The van der Waals surface area contributed by atoms with E-state index < -0.39 is 5.97 Å². The molecule has 0 fully saturated rings. The van der Waals surface area contributed by atoms with Crippen molar-refractivity contribution in [1.82, 2.24) is 0 Å². The second-order valence-corrected chi connectivity index (χ2v) is 4.50. The number of hydrogen-bond acceptors (Lipinski definition) is 3. The predicted octanol–water partition coefficient (Wildman–Crippen LogP) is 2.05. The molecule has 0 saturated heterocycles. The van der Waals surface area contributed by atoms with E-state index in [0.717, 1.165) is 15.6 Å². The molecule has 2 rings (SSSR count). The molecule has 88 valence electrons. The standard InChI is InChI=1S/C12H9BrO4/c1-17-11-5-7-4-10(14)8(12(15)16)2-6(7)3-9(11)13/h2-3,5H,4H2,1H3,(H,15,16). The number of carboxylic acids is 1. The monoisotopic (exact) mass is 296 g/mol. The van der Waals surface area contributed by atoms with Crippen molar-refractivity contribution >= 4 is 33.8 Å². The largest absolute Gasteiger partial charge is 0.496 e. The third-order valence-electron chi connectivity index (χ3n) is 2.60. The minimum absolute atomic E-state index is 0.0944. The third-order valence-corrected chi connectivity index (χ3v) is 3.22. The van der Waals surface area contributed by atoms with Crippen LogP contribution in [0.5, 0.6) is 5.75 Å². The molecule has 1 N–H and O–H groups in total. The number of carbonyl (C=O) groups excluding carboxylic acids is 1. The van der Waals surface area contributed by atoms with Crippen LogP contribution in [0.1, 0.15) is 11.1 Å². The first-order valence-corrected chi connectivity index (χ1v) is 5.67. The lowest BCUT2D eigenvalue weighted by Gasteiger charge is -2.15. The summed E-state index contributed by atoms with van der Waals surface area (Å²) in [6, 6.07) is 3.50. The smallest absolute Gasteiger partial charge is 0.339 e. The van der Waals surface area contributed by atoms with Crippen LogP contribution in [0.4, 0.5) is 0 Å². The number of benzene rings is 1. The highest BCUT2D eigenvalue weighted by Crippen LogP contribution is 2.32. The highest BCUT2D eigenvalue weighted by Gasteiger charge is 2.24. The van der Waals surface area contributed by atoms with Gasteiger partial charge in [-0.1, -0.05) is 0 Å². The molecule has 0 unspecified atom stereocenters. The van der Waals surface area contributed by atoms with Crippen molar-refractivity contribution < 1.29 is 19.4 Å². The minimum atomic E-state index is -1.19. The van der Waals surface area contributed by atoms with Crippen LogP contribution in [0.15, 0.2) is 22.2 Å². The van der Waals surface area contributed by atoms with E-state index in [4.69, 9.17) is 9.84 Å². The van der Waals surface area contributed by atoms with Gasteiger partial charge in [0, 0.05) is 6.42 Å². The third kappa shape index (κ3) is 2.10. The van der Waals surface area contributed by atoms with Gasteiger partial charge in [-0.3, -0.25) is 4.79 Å². The molecule has 0 amide bonds. The van der Waals surface area contributed by atoms with Gasteiger partial charge in [-0.05, 0) is 45.3 Å². The Bertz CT molecular complexity index is 546. The van der Waals surface area contributed by atoms with Crippen LogP contribution in [-0.4, -0.2) is 24.0 Å². The van der Waals surface area contributed by atoms with Gasteiger partial charge in [0.1, 0.15) is 11.3 Å². The van der Waals surface area contributed by atoms with Crippen molar-refractivity contribution in [3.63, 3.8) is 0 Å². The molecule has 1 aromatic carbocycles. The number of halogens is 1. The van der Waals surface area contributed by atoms with Crippen LogP contribution in [-0.2, 0) is 16.0 Å². The quantitative estimate of drug-likeness (QED) is 0.849. The summed E-state index contributed by atoms with van der Waals surface area (Å²) in [5.41, 5.74) is 1.34. The Morgan fingerprint density at radius 1 is 1.47 bits per heavy atom. The molecule has 1 aliphatic carbocycles. The second kappa shape index (κ2) is 4.33. The first-order valence-electron chi connectivity index (χ1n) is 4.87. The van der Waals surface area contributed by atoms with E-state index in [2.05, 4.69) is 15.9 Å². The molecule has 0 heterocycles. The molecule has 0 spiro atoms.